The highest BCUT2D eigenvalue weighted by atomic mass is 32.2. The number of anilines is 1. The van der Waals surface area contributed by atoms with Crippen LogP contribution in [0.25, 0.3) is 0 Å². The van der Waals surface area contributed by atoms with Gasteiger partial charge in [0.1, 0.15) is 11.5 Å². The molecule has 0 radical (unpaired) electrons. The van der Waals surface area contributed by atoms with Gasteiger partial charge in [-0.15, -0.1) is 0 Å². The van der Waals surface area contributed by atoms with Crippen molar-refractivity contribution in [1.82, 2.24) is 4.90 Å². The molecular weight excluding hydrogens is 372 g/mol. The molecule has 148 valence electrons. The molecule has 2 atom stereocenters. The van der Waals surface area contributed by atoms with Crippen molar-refractivity contribution in [2.45, 2.75) is 18.9 Å². The number of carbonyl (C=O) groups excluding carboxylic acids is 2. The van der Waals surface area contributed by atoms with Crippen LogP contribution in [0.5, 0.6) is 11.5 Å². The summed E-state index contributed by atoms with van der Waals surface area (Å²) >= 11 is 0. The number of ether oxygens (including phenoxy) is 2. The van der Waals surface area contributed by atoms with E-state index in [0.717, 1.165) is 0 Å². The van der Waals surface area contributed by atoms with Crippen LogP contribution < -0.4 is 14.4 Å². The van der Waals surface area contributed by atoms with Crippen LogP contribution in [0, 0.1) is 5.92 Å². The van der Waals surface area contributed by atoms with E-state index in [4.69, 9.17) is 9.47 Å². The average Bonchev–Trinajstić information content (AvgIpc) is 3.22. The lowest BCUT2D eigenvalue weighted by molar-refractivity contribution is -0.136. The second-order valence-electron chi connectivity index (χ2n) is 6.95. The summed E-state index contributed by atoms with van der Waals surface area (Å²) in [5.74, 6) is 0.338. The Kier molecular flexibility index (Phi) is 5.32. The third-order valence-corrected chi connectivity index (χ3v) is 7.01. The Morgan fingerprint density at radius 2 is 2.00 bits per heavy atom. The molecule has 2 aliphatic heterocycles. The highest BCUT2D eigenvalue weighted by Gasteiger charge is 2.40. The first-order valence-electron chi connectivity index (χ1n) is 8.75. The summed E-state index contributed by atoms with van der Waals surface area (Å²) in [5.41, 5.74) is 0.588. The molecule has 2 fully saturated rings. The maximum atomic E-state index is 12.8. The third kappa shape index (κ3) is 3.87. The lowest BCUT2D eigenvalue weighted by atomic mass is 10.1. The Morgan fingerprint density at radius 3 is 2.59 bits per heavy atom. The molecule has 1 aromatic rings. The van der Waals surface area contributed by atoms with Gasteiger partial charge in [-0.3, -0.25) is 9.59 Å². The van der Waals surface area contributed by atoms with E-state index in [0.29, 0.717) is 23.6 Å². The monoisotopic (exact) mass is 396 g/mol. The summed E-state index contributed by atoms with van der Waals surface area (Å²) in [6.45, 7) is 0.240. The maximum Gasteiger partial charge on any atom is 0.228 e. The molecule has 3 rings (SSSR count). The van der Waals surface area contributed by atoms with E-state index in [1.807, 2.05) is 0 Å². The van der Waals surface area contributed by atoms with Gasteiger partial charge in [0.05, 0.1) is 37.3 Å². The van der Waals surface area contributed by atoms with Gasteiger partial charge in [0.2, 0.25) is 11.8 Å². The molecule has 8 nitrogen and oxygen atoms in total. The van der Waals surface area contributed by atoms with Crippen LogP contribution in [0.3, 0.4) is 0 Å². The van der Waals surface area contributed by atoms with Gasteiger partial charge in [0.25, 0.3) is 0 Å². The predicted octanol–water partition coefficient (Wildman–Crippen LogP) is 0.702. The Morgan fingerprint density at radius 1 is 1.26 bits per heavy atom. The average molecular weight is 396 g/mol. The first-order chi connectivity index (χ1) is 12.8. The molecule has 2 amide bonds. The van der Waals surface area contributed by atoms with Crippen LogP contribution in [-0.2, 0) is 19.4 Å². The lowest BCUT2D eigenvalue weighted by Crippen LogP contribution is -2.42. The van der Waals surface area contributed by atoms with Crippen molar-refractivity contribution in [3.05, 3.63) is 18.2 Å². The Hall–Kier alpha value is -2.29. The third-order valence-electron chi connectivity index (χ3n) is 5.26. The second kappa shape index (κ2) is 7.38. The van der Waals surface area contributed by atoms with Crippen molar-refractivity contribution in [1.29, 1.82) is 0 Å². The molecule has 2 saturated heterocycles. The van der Waals surface area contributed by atoms with E-state index in [-0.39, 0.29) is 42.3 Å². The zero-order valence-electron chi connectivity index (χ0n) is 15.7. The molecule has 2 aliphatic rings. The topological polar surface area (TPSA) is 93.2 Å². The van der Waals surface area contributed by atoms with E-state index >= 15 is 0 Å². The summed E-state index contributed by atoms with van der Waals surface area (Å²) in [7, 11) is 1.60. The Bertz CT molecular complexity index is 853. The number of benzene rings is 1. The van der Waals surface area contributed by atoms with E-state index in [9.17, 15) is 18.0 Å². The minimum Gasteiger partial charge on any atom is -0.497 e. The highest BCUT2D eigenvalue weighted by Crippen LogP contribution is 2.36. The fourth-order valence-corrected chi connectivity index (χ4v) is 5.44. The zero-order valence-corrected chi connectivity index (χ0v) is 16.5. The predicted molar refractivity (Wildman–Crippen MR) is 99.8 cm³/mol. The van der Waals surface area contributed by atoms with Gasteiger partial charge in [-0.25, -0.2) is 8.42 Å². The van der Waals surface area contributed by atoms with Crippen molar-refractivity contribution in [3.63, 3.8) is 0 Å². The highest BCUT2D eigenvalue weighted by molar-refractivity contribution is 7.91. The summed E-state index contributed by atoms with van der Waals surface area (Å²) < 4.78 is 33.9. The van der Waals surface area contributed by atoms with Gasteiger partial charge < -0.3 is 19.3 Å². The zero-order chi connectivity index (χ0) is 19.8. The van der Waals surface area contributed by atoms with Gasteiger partial charge in [0.15, 0.2) is 9.84 Å². The molecule has 2 heterocycles. The second-order valence-corrected chi connectivity index (χ2v) is 9.18. The van der Waals surface area contributed by atoms with Crippen LogP contribution in [0.4, 0.5) is 5.69 Å². The van der Waals surface area contributed by atoms with Crippen LogP contribution in [0.15, 0.2) is 18.2 Å². The number of rotatable bonds is 5. The summed E-state index contributed by atoms with van der Waals surface area (Å²) in [5, 5.41) is 0. The number of hydrogen-bond donors (Lipinski definition) is 0. The van der Waals surface area contributed by atoms with Gasteiger partial charge in [-0.1, -0.05) is 0 Å². The van der Waals surface area contributed by atoms with E-state index in [1.54, 1.807) is 37.3 Å². The summed E-state index contributed by atoms with van der Waals surface area (Å²) in [4.78, 5) is 28.4. The van der Waals surface area contributed by atoms with E-state index in [1.165, 1.54) is 12.0 Å². The molecule has 0 saturated carbocycles. The summed E-state index contributed by atoms with van der Waals surface area (Å²) in [6, 6.07) is 4.83. The smallest absolute Gasteiger partial charge is 0.228 e. The first kappa shape index (κ1) is 19.5. The molecule has 0 N–H and O–H groups in total. The van der Waals surface area contributed by atoms with Crippen LogP contribution in [0.1, 0.15) is 12.8 Å². The SMILES string of the molecule is COc1ccc(N2CC(C(=O)N(C)C3CCS(=O)(=O)C3)CC2=O)c(OC)c1. The first-order valence-corrected chi connectivity index (χ1v) is 10.6. The number of hydrogen-bond acceptors (Lipinski definition) is 6. The van der Waals surface area contributed by atoms with Crippen molar-refractivity contribution in [2.24, 2.45) is 5.92 Å². The number of nitrogens with zero attached hydrogens (tertiary/aromatic N) is 2. The fraction of sp³-hybridized carbons (Fsp3) is 0.556. The molecule has 0 aliphatic carbocycles. The molecular formula is C18H24N2O6S. The Balaban J connectivity index is 1.75. The number of sulfone groups is 1. The molecule has 1 aromatic carbocycles. The number of carbonyl (C=O) groups is 2. The van der Waals surface area contributed by atoms with E-state index in [2.05, 4.69) is 0 Å². The molecule has 2 unspecified atom stereocenters. The van der Waals surface area contributed by atoms with Crippen LogP contribution >= 0.6 is 0 Å². The van der Waals surface area contributed by atoms with Gasteiger partial charge >= 0.3 is 0 Å². The minimum atomic E-state index is -3.08. The van der Waals surface area contributed by atoms with Crippen LogP contribution in [-0.4, -0.2) is 70.5 Å². The van der Waals surface area contributed by atoms with Crippen molar-refractivity contribution >= 4 is 27.3 Å². The largest absolute Gasteiger partial charge is 0.497 e. The standard InChI is InChI=1S/C18H24N2O6S/c1-19(13-6-7-27(23,24)11-13)18(22)12-8-17(21)20(10-12)15-5-4-14(25-2)9-16(15)26-3/h4-5,9,12-13H,6-8,10-11H2,1-3H3. The quantitative estimate of drug-likeness (QED) is 0.727. The van der Waals surface area contributed by atoms with Gasteiger partial charge in [-0.2, -0.15) is 0 Å². The van der Waals surface area contributed by atoms with Gasteiger partial charge in [0, 0.05) is 32.1 Å². The minimum absolute atomic E-state index is 0.00801. The van der Waals surface area contributed by atoms with Crippen molar-refractivity contribution in [2.75, 3.05) is 44.2 Å². The molecule has 0 spiro atoms. The van der Waals surface area contributed by atoms with Crippen molar-refractivity contribution < 1.29 is 27.5 Å². The Labute approximate surface area is 158 Å². The molecule has 27 heavy (non-hydrogen) atoms. The molecule has 9 heteroatoms. The molecule has 0 bridgehead atoms. The number of methoxy groups -OCH3 is 2. The van der Waals surface area contributed by atoms with Gasteiger partial charge in [-0.05, 0) is 18.6 Å². The lowest BCUT2D eigenvalue weighted by Gasteiger charge is -2.26. The maximum absolute atomic E-state index is 12.8. The normalized spacial score (nSPS) is 24.1. The van der Waals surface area contributed by atoms with Crippen molar-refractivity contribution in [3.8, 4) is 11.5 Å². The number of amides is 2. The van der Waals surface area contributed by atoms with E-state index < -0.39 is 15.8 Å². The summed E-state index contributed by atoms with van der Waals surface area (Å²) in [6.07, 6.45) is 0.541. The molecule has 0 aromatic heterocycles. The van der Waals surface area contributed by atoms with Crippen LogP contribution in [0.2, 0.25) is 0 Å². The fourth-order valence-electron chi connectivity index (χ4n) is 3.66.